The van der Waals surface area contributed by atoms with Crippen LogP contribution in [0.25, 0.3) is 0 Å². The minimum atomic E-state index is -1.01. The van der Waals surface area contributed by atoms with Gasteiger partial charge in [0, 0.05) is 70.0 Å². The molecule has 2 rings (SSSR count). The lowest BCUT2D eigenvalue weighted by atomic mass is 9.81. The summed E-state index contributed by atoms with van der Waals surface area (Å²) in [6, 6.07) is 0. The molecule has 0 aromatic rings. The van der Waals surface area contributed by atoms with E-state index in [-0.39, 0.29) is 62.9 Å². The van der Waals surface area contributed by atoms with Gasteiger partial charge < -0.3 is 21.3 Å². The summed E-state index contributed by atoms with van der Waals surface area (Å²) >= 11 is 0. The van der Waals surface area contributed by atoms with Gasteiger partial charge in [-0.2, -0.15) is 0 Å². The maximum absolute atomic E-state index is 12.8. The van der Waals surface area contributed by atoms with Gasteiger partial charge in [-0.25, -0.2) is 0 Å². The molecule has 1 saturated heterocycles. The number of nitroso groups, excluding NO2 is 1. The molecule has 0 radical (unpaired) electrons. The largest absolute Gasteiger partial charge is 0.480 e. The van der Waals surface area contributed by atoms with Crippen LogP contribution >= 0.6 is 0 Å². The van der Waals surface area contributed by atoms with E-state index < -0.39 is 17.8 Å². The summed E-state index contributed by atoms with van der Waals surface area (Å²) < 4.78 is 0. The van der Waals surface area contributed by atoms with Crippen molar-refractivity contribution in [1.29, 1.82) is 0 Å². The van der Waals surface area contributed by atoms with Gasteiger partial charge in [0.05, 0.1) is 26.2 Å². The zero-order valence-corrected chi connectivity index (χ0v) is 22.3. The molecule has 39 heavy (non-hydrogen) atoms. The van der Waals surface area contributed by atoms with Gasteiger partial charge in [-0.1, -0.05) is 0 Å². The minimum absolute atomic E-state index is 0.0735. The molecule has 220 valence electrons. The third kappa shape index (κ3) is 13.1. The van der Waals surface area contributed by atoms with E-state index in [2.05, 4.69) is 10.5 Å². The Labute approximate surface area is 227 Å². The highest BCUT2D eigenvalue weighted by Crippen LogP contribution is 2.28. The molecule has 0 bridgehead atoms. The van der Waals surface area contributed by atoms with E-state index in [0.717, 1.165) is 25.7 Å². The molecular weight excluding hydrogens is 514 g/mol. The molecule has 0 aromatic heterocycles. The molecule has 0 spiro atoms. The SMILES string of the molecule is NC(=O)C1CCC(CNC(=O)CN2CCN(CC(=O)O)CCN(CC(=O)N=O)CCN(CC(=O)O)CC2)CC1. The number of carbonyl (C=O) groups excluding carboxylic acids is 3. The number of nitrogens with one attached hydrogen (secondary N) is 1. The monoisotopic (exact) mass is 555 g/mol. The van der Waals surface area contributed by atoms with Crippen molar-refractivity contribution < 1.29 is 34.2 Å². The predicted molar refractivity (Wildman–Crippen MR) is 139 cm³/mol. The number of carboxylic acids is 2. The normalized spacial score (nSPS) is 23.2. The zero-order chi connectivity index (χ0) is 28.8. The number of hydrogen-bond donors (Lipinski definition) is 4. The lowest BCUT2D eigenvalue weighted by Gasteiger charge is -2.33. The number of nitrogens with zero attached hydrogens (tertiary/aromatic N) is 5. The molecule has 2 fully saturated rings. The Kier molecular flexibility index (Phi) is 13.9. The Bertz CT molecular complexity index is 833. The average Bonchev–Trinajstić information content (AvgIpc) is 2.88. The van der Waals surface area contributed by atoms with Crippen LogP contribution in [0.4, 0.5) is 0 Å². The molecule has 15 heteroatoms. The van der Waals surface area contributed by atoms with Gasteiger partial charge in [0.2, 0.25) is 11.8 Å². The van der Waals surface area contributed by atoms with Crippen molar-refractivity contribution in [2.24, 2.45) is 22.7 Å². The lowest BCUT2D eigenvalue weighted by molar-refractivity contribution is -0.139. The molecule has 1 heterocycles. The fourth-order valence-corrected chi connectivity index (χ4v) is 4.98. The molecule has 0 aromatic carbocycles. The second-order valence-electron chi connectivity index (χ2n) is 10.3. The fourth-order valence-electron chi connectivity index (χ4n) is 4.98. The standard InChI is InChI=1S/C24H41N7O8/c25-24(38)19-3-1-18(2-4-19)13-26-20(32)14-28-5-9-30(16-22(34)35)11-7-29(15-21(33)27-39)8-12-31(10-6-28)17-23(36)37/h18-19H,1-17H2,(H2,25,38)(H,26,32)(H,34,35)(H,36,37). The number of primary amides is 1. The van der Waals surface area contributed by atoms with Crippen molar-refractivity contribution in [2.45, 2.75) is 25.7 Å². The highest BCUT2D eigenvalue weighted by molar-refractivity contribution is 5.79. The maximum atomic E-state index is 12.8. The zero-order valence-electron chi connectivity index (χ0n) is 22.3. The Hall–Kier alpha value is -3.01. The highest BCUT2D eigenvalue weighted by atomic mass is 16.4. The van der Waals surface area contributed by atoms with Gasteiger partial charge in [-0.15, -0.1) is 4.91 Å². The van der Waals surface area contributed by atoms with E-state index in [1.807, 2.05) is 4.90 Å². The number of amides is 3. The van der Waals surface area contributed by atoms with Crippen LogP contribution in [-0.2, 0) is 24.0 Å². The smallest absolute Gasteiger partial charge is 0.317 e. The first-order valence-electron chi connectivity index (χ1n) is 13.3. The van der Waals surface area contributed by atoms with Crippen LogP contribution in [0.1, 0.15) is 25.7 Å². The van der Waals surface area contributed by atoms with Crippen LogP contribution in [0.3, 0.4) is 0 Å². The summed E-state index contributed by atoms with van der Waals surface area (Å²) in [5, 5.41) is 24.1. The summed E-state index contributed by atoms with van der Waals surface area (Å²) in [4.78, 5) is 76.2. The van der Waals surface area contributed by atoms with E-state index in [1.54, 1.807) is 14.7 Å². The van der Waals surface area contributed by atoms with Crippen LogP contribution < -0.4 is 11.1 Å². The number of hydrogen-bond acceptors (Lipinski definition) is 10. The molecular formula is C24H41N7O8. The average molecular weight is 556 g/mol. The fraction of sp³-hybridized carbons (Fsp3) is 0.792. The molecule has 1 aliphatic heterocycles. The first-order valence-corrected chi connectivity index (χ1v) is 13.3. The van der Waals surface area contributed by atoms with Crippen molar-refractivity contribution in [3.8, 4) is 0 Å². The summed E-state index contributed by atoms with van der Waals surface area (Å²) in [6.07, 6.45) is 3.07. The van der Waals surface area contributed by atoms with E-state index >= 15 is 0 Å². The summed E-state index contributed by atoms with van der Waals surface area (Å²) in [7, 11) is 0. The summed E-state index contributed by atoms with van der Waals surface area (Å²) in [5.74, 6) is -3.16. The molecule has 0 atom stereocenters. The molecule has 1 saturated carbocycles. The number of carbonyl (C=O) groups is 5. The van der Waals surface area contributed by atoms with Crippen LogP contribution in [0.15, 0.2) is 5.18 Å². The first kappa shape index (κ1) is 32.2. The van der Waals surface area contributed by atoms with Gasteiger partial charge in [0.1, 0.15) is 0 Å². The molecule has 0 unspecified atom stereocenters. The van der Waals surface area contributed by atoms with Gasteiger partial charge >= 0.3 is 11.9 Å². The quantitative estimate of drug-likeness (QED) is 0.206. The molecule has 3 amide bonds. The summed E-state index contributed by atoms with van der Waals surface area (Å²) in [6.45, 7) is 2.47. The van der Waals surface area contributed by atoms with Gasteiger partial charge in [-0.05, 0) is 31.6 Å². The van der Waals surface area contributed by atoms with Crippen molar-refractivity contribution in [1.82, 2.24) is 24.9 Å². The number of nitrogens with two attached hydrogens (primary N) is 1. The van der Waals surface area contributed by atoms with Crippen molar-refractivity contribution in [3.63, 3.8) is 0 Å². The third-order valence-electron chi connectivity index (χ3n) is 7.31. The molecule has 2 aliphatic rings. The van der Waals surface area contributed by atoms with Crippen molar-refractivity contribution in [3.05, 3.63) is 4.91 Å². The van der Waals surface area contributed by atoms with E-state index in [0.29, 0.717) is 45.8 Å². The second kappa shape index (κ2) is 16.8. The third-order valence-corrected chi connectivity index (χ3v) is 7.31. The van der Waals surface area contributed by atoms with E-state index in [9.17, 15) is 39.1 Å². The maximum Gasteiger partial charge on any atom is 0.317 e. The van der Waals surface area contributed by atoms with Crippen molar-refractivity contribution in [2.75, 3.05) is 85.1 Å². The highest BCUT2D eigenvalue weighted by Gasteiger charge is 2.25. The number of aliphatic carboxylic acids is 2. The number of rotatable bonds is 11. The predicted octanol–water partition coefficient (Wildman–Crippen LogP) is -1.92. The lowest BCUT2D eigenvalue weighted by Crippen LogP contribution is -2.50. The van der Waals surface area contributed by atoms with E-state index in [1.165, 1.54) is 0 Å². The minimum Gasteiger partial charge on any atom is -0.480 e. The van der Waals surface area contributed by atoms with Crippen LogP contribution in [0.2, 0.25) is 0 Å². The molecule has 5 N–H and O–H groups in total. The van der Waals surface area contributed by atoms with Gasteiger partial charge in [-0.3, -0.25) is 43.6 Å². The second-order valence-corrected chi connectivity index (χ2v) is 10.3. The van der Waals surface area contributed by atoms with Crippen molar-refractivity contribution >= 4 is 29.7 Å². The van der Waals surface area contributed by atoms with Gasteiger partial charge in [0.25, 0.3) is 5.91 Å². The summed E-state index contributed by atoms with van der Waals surface area (Å²) in [5.41, 5.74) is 5.39. The first-order chi connectivity index (χ1) is 18.5. The topological polar surface area (TPSA) is 206 Å². The molecule has 1 aliphatic carbocycles. The Morgan fingerprint density at radius 1 is 0.692 bits per heavy atom. The van der Waals surface area contributed by atoms with Gasteiger partial charge in [0.15, 0.2) is 0 Å². The Balaban J connectivity index is 2.01. The Morgan fingerprint density at radius 2 is 1.10 bits per heavy atom. The van der Waals surface area contributed by atoms with Crippen LogP contribution in [0.5, 0.6) is 0 Å². The van der Waals surface area contributed by atoms with Crippen LogP contribution in [-0.4, -0.2) is 145 Å². The Morgan fingerprint density at radius 3 is 1.49 bits per heavy atom. The number of carboxylic acid groups (broad SMARTS) is 2. The van der Waals surface area contributed by atoms with Crippen LogP contribution in [0, 0.1) is 16.7 Å². The molecule has 15 nitrogen and oxygen atoms in total. The van der Waals surface area contributed by atoms with E-state index in [4.69, 9.17) is 5.73 Å².